The number of hydrogen-bond donors (Lipinski definition) is 1. The molecule has 0 radical (unpaired) electrons. The lowest BCUT2D eigenvalue weighted by molar-refractivity contribution is -0.131. The van der Waals surface area contributed by atoms with E-state index in [-0.39, 0.29) is 5.41 Å². The first-order valence-electron chi connectivity index (χ1n) is 5.87. The van der Waals surface area contributed by atoms with E-state index in [2.05, 4.69) is 25.8 Å². The summed E-state index contributed by atoms with van der Waals surface area (Å²) in [6, 6.07) is 3.52. The standard InChI is InChI=1S/C14H19NO3/c1-14(2,3)8-9-18-12-6-4-11(15-10-12)5-7-13(16)17/h4-7,10H,8-9H2,1-3H3,(H,16,17). The molecule has 4 nitrogen and oxygen atoms in total. The van der Waals surface area contributed by atoms with Crippen LogP contribution in [0, 0.1) is 5.41 Å². The van der Waals surface area contributed by atoms with Gasteiger partial charge in [0.15, 0.2) is 0 Å². The normalized spacial score (nSPS) is 11.7. The maximum absolute atomic E-state index is 10.3. The van der Waals surface area contributed by atoms with Crippen LogP contribution in [0.3, 0.4) is 0 Å². The van der Waals surface area contributed by atoms with Gasteiger partial charge in [-0.25, -0.2) is 4.79 Å². The van der Waals surface area contributed by atoms with E-state index in [0.717, 1.165) is 12.5 Å². The van der Waals surface area contributed by atoms with Crippen molar-refractivity contribution in [3.8, 4) is 5.75 Å². The van der Waals surface area contributed by atoms with E-state index in [9.17, 15) is 4.79 Å². The summed E-state index contributed by atoms with van der Waals surface area (Å²) in [5, 5.41) is 8.48. The van der Waals surface area contributed by atoms with Crippen LogP contribution in [-0.2, 0) is 4.79 Å². The minimum atomic E-state index is -0.984. The van der Waals surface area contributed by atoms with Crippen molar-refractivity contribution in [1.82, 2.24) is 4.98 Å². The molecule has 0 amide bonds. The Morgan fingerprint density at radius 1 is 1.44 bits per heavy atom. The number of carboxylic acid groups (broad SMARTS) is 1. The van der Waals surface area contributed by atoms with Crippen molar-refractivity contribution in [2.45, 2.75) is 27.2 Å². The SMILES string of the molecule is CC(C)(C)CCOc1ccc(C=CC(=O)O)nc1. The Hall–Kier alpha value is -1.84. The van der Waals surface area contributed by atoms with Gasteiger partial charge in [-0.3, -0.25) is 4.98 Å². The first kappa shape index (κ1) is 14.2. The van der Waals surface area contributed by atoms with Gasteiger partial charge in [-0.15, -0.1) is 0 Å². The summed E-state index contributed by atoms with van der Waals surface area (Å²) in [7, 11) is 0. The number of ether oxygens (including phenoxy) is 1. The molecule has 0 atom stereocenters. The van der Waals surface area contributed by atoms with E-state index in [1.807, 2.05) is 0 Å². The van der Waals surface area contributed by atoms with Gasteiger partial charge in [0.25, 0.3) is 0 Å². The lowest BCUT2D eigenvalue weighted by Gasteiger charge is -2.17. The fourth-order valence-corrected chi connectivity index (χ4v) is 1.21. The van der Waals surface area contributed by atoms with Crippen molar-refractivity contribution in [2.24, 2.45) is 5.41 Å². The molecule has 0 bridgehead atoms. The molecule has 0 unspecified atom stereocenters. The van der Waals surface area contributed by atoms with Crippen molar-refractivity contribution < 1.29 is 14.6 Å². The van der Waals surface area contributed by atoms with Crippen molar-refractivity contribution in [3.63, 3.8) is 0 Å². The average Bonchev–Trinajstić information content (AvgIpc) is 2.26. The minimum Gasteiger partial charge on any atom is -0.492 e. The summed E-state index contributed by atoms with van der Waals surface area (Å²) < 4.78 is 5.56. The van der Waals surface area contributed by atoms with Crippen LogP contribution >= 0.6 is 0 Å². The topological polar surface area (TPSA) is 59.4 Å². The molecule has 1 N–H and O–H groups in total. The van der Waals surface area contributed by atoms with E-state index in [0.29, 0.717) is 18.1 Å². The molecule has 0 fully saturated rings. The highest BCUT2D eigenvalue weighted by molar-refractivity contribution is 5.84. The van der Waals surface area contributed by atoms with Crippen molar-refractivity contribution in [2.75, 3.05) is 6.61 Å². The number of aliphatic carboxylic acids is 1. The second-order valence-corrected chi connectivity index (χ2v) is 5.25. The molecule has 1 aromatic rings. The van der Waals surface area contributed by atoms with Crippen LogP contribution in [-0.4, -0.2) is 22.7 Å². The van der Waals surface area contributed by atoms with Crippen LogP contribution in [0.1, 0.15) is 32.9 Å². The molecule has 0 aromatic carbocycles. The number of carboxylic acids is 1. The van der Waals surface area contributed by atoms with Gasteiger partial charge in [0.2, 0.25) is 0 Å². The Balaban J connectivity index is 2.48. The average molecular weight is 249 g/mol. The van der Waals surface area contributed by atoms with E-state index in [4.69, 9.17) is 9.84 Å². The van der Waals surface area contributed by atoms with Crippen LogP contribution in [0.2, 0.25) is 0 Å². The summed E-state index contributed by atoms with van der Waals surface area (Å²) in [5.74, 6) is -0.283. The zero-order chi connectivity index (χ0) is 13.6. The summed E-state index contributed by atoms with van der Waals surface area (Å²) in [6.07, 6.45) is 5.07. The Labute approximate surface area is 107 Å². The quantitative estimate of drug-likeness (QED) is 0.815. The zero-order valence-electron chi connectivity index (χ0n) is 11.0. The number of rotatable bonds is 5. The monoisotopic (exact) mass is 249 g/mol. The lowest BCUT2D eigenvalue weighted by Crippen LogP contribution is -2.11. The summed E-state index contributed by atoms with van der Waals surface area (Å²) >= 11 is 0. The number of nitrogens with zero attached hydrogens (tertiary/aromatic N) is 1. The molecule has 98 valence electrons. The molecule has 0 saturated carbocycles. The molecule has 0 spiro atoms. The van der Waals surface area contributed by atoms with Gasteiger partial charge in [0, 0.05) is 6.08 Å². The van der Waals surface area contributed by atoms with Gasteiger partial charge < -0.3 is 9.84 Å². The Kier molecular flexibility index (Phi) is 4.89. The predicted molar refractivity (Wildman–Crippen MR) is 70.5 cm³/mol. The van der Waals surface area contributed by atoms with Gasteiger partial charge >= 0.3 is 5.97 Å². The number of carbonyl (C=O) groups is 1. The Bertz CT molecular complexity index is 416. The first-order valence-corrected chi connectivity index (χ1v) is 5.87. The maximum Gasteiger partial charge on any atom is 0.328 e. The molecule has 1 aromatic heterocycles. The zero-order valence-corrected chi connectivity index (χ0v) is 11.0. The molecule has 1 heterocycles. The van der Waals surface area contributed by atoms with Crippen LogP contribution in [0.15, 0.2) is 24.4 Å². The van der Waals surface area contributed by atoms with Gasteiger partial charge in [0.1, 0.15) is 5.75 Å². The van der Waals surface area contributed by atoms with E-state index >= 15 is 0 Å². The summed E-state index contributed by atoms with van der Waals surface area (Å²) in [6.45, 7) is 7.13. The molecular weight excluding hydrogens is 230 g/mol. The van der Waals surface area contributed by atoms with Gasteiger partial charge in [-0.1, -0.05) is 20.8 Å². The molecule has 1 rings (SSSR count). The van der Waals surface area contributed by atoms with Crippen molar-refractivity contribution in [1.29, 1.82) is 0 Å². The van der Waals surface area contributed by atoms with E-state index in [1.54, 1.807) is 18.3 Å². The van der Waals surface area contributed by atoms with E-state index < -0.39 is 5.97 Å². The van der Waals surface area contributed by atoms with Crippen LogP contribution in [0.4, 0.5) is 0 Å². The fourth-order valence-electron chi connectivity index (χ4n) is 1.21. The minimum absolute atomic E-state index is 0.248. The largest absolute Gasteiger partial charge is 0.492 e. The van der Waals surface area contributed by atoms with Gasteiger partial charge in [-0.2, -0.15) is 0 Å². The maximum atomic E-state index is 10.3. The van der Waals surface area contributed by atoms with Crippen LogP contribution in [0.25, 0.3) is 6.08 Å². The van der Waals surface area contributed by atoms with Gasteiger partial charge in [0.05, 0.1) is 18.5 Å². The van der Waals surface area contributed by atoms with Crippen molar-refractivity contribution in [3.05, 3.63) is 30.1 Å². The molecular formula is C14H19NO3. The molecule has 4 heteroatoms. The predicted octanol–water partition coefficient (Wildman–Crippen LogP) is 2.99. The van der Waals surface area contributed by atoms with Crippen LogP contribution in [0.5, 0.6) is 5.75 Å². The number of pyridine rings is 1. The second kappa shape index (κ2) is 6.19. The smallest absolute Gasteiger partial charge is 0.328 e. The third kappa shape index (κ3) is 6.03. The van der Waals surface area contributed by atoms with E-state index in [1.165, 1.54) is 6.08 Å². The van der Waals surface area contributed by atoms with Gasteiger partial charge in [-0.05, 0) is 30.0 Å². The molecule has 0 saturated heterocycles. The fraction of sp³-hybridized carbons (Fsp3) is 0.429. The third-order valence-corrected chi connectivity index (χ3v) is 2.28. The highest BCUT2D eigenvalue weighted by Crippen LogP contribution is 2.19. The third-order valence-electron chi connectivity index (χ3n) is 2.28. The van der Waals surface area contributed by atoms with Crippen molar-refractivity contribution >= 4 is 12.0 Å². The number of aromatic nitrogens is 1. The Morgan fingerprint density at radius 2 is 2.17 bits per heavy atom. The summed E-state index contributed by atoms with van der Waals surface area (Å²) in [4.78, 5) is 14.4. The first-order chi connectivity index (χ1) is 8.37. The highest BCUT2D eigenvalue weighted by Gasteiger charge is 2.09. The van der Waals surface area contributed by atoms with Crippen LogP contribution < -0.4 is 4.74 Å². The molecule has 0 aliphatic rings. The highest BCUT2D eigenvalue weighted by atomic mass is 16.5. The second-order valence-electron chi connectivity index (χ2n) is 5.25. The molecule has 18 heavy (non-hydrogen) atoms. The summed E-state index contributed by atoms with van der Waals surface area (Å²) in [5.41, 5.74) is 0.845. The Morgan fingerprint density at radius 3 is 2.67 bits per heavy atom. The number of hydrogen-bond acceptors (Lipinski definition) is 3. The molecule has 0 aliphatic heterocycles. The lowest BCUT2D eigenvalue weighted by atomic mass is 9.93. The molecule has 0 aliphatic carbocycles.